The normalized spacial score (nSPS) is 30.5. The van der Waals surface area contributed by atoms with E-state index in [-0.39, 0.29) is 18.4 Å². The molecule has 1 saturated carbocycles. The van der Waals surface area contributed by atoms with Gasteiger partial charge >= 0.3 is 6.18 Å². The Morgan fingerprint density at radius 2 is 1.93 bits per heavy atom. The van der Waals surface area contributed by atoms with Crippen LogP contribution in [0.2, 0.25) is 0 Å². The molecular weight excluding hydrogens is 503 g/mol. The van der Waals surface area contributed by atoms with Gasteiger partial charge in [-0.3, -0.25) is 0 Å². The summed E-state index contributed by atoms with van der Waals surface area (Å²) in [6.07, 6.45) is 0.118. The molecule has 1 aromatic heterocycles. The van der Waals surface area contributed by atoms with Crippen LogP contribution in [-0.4, -0.2) is 42.5 Å². The number of nitrogens with zero attached hydrogens (tertiary/aromatic N) is 2. The molecule has 2 fully saturated rings. The van der Waals surface area contributed by atoms with Crippen molar-refractivity contribution >= 4 is 37.5 Å². The van der Waals surface area contributed by atoms with Crippen molar-refractivity contribution < 1.29 is 21.6 Å². The molecule has 2 bridgehead atoms. The van der Waals surface area contributed by atoms with Crippen LogP contribution < -0.4 is 4.72 Å². The fourth-order valence-electron chi connectivity index (χ4n) is 5.37. The summed E-state index contributed by atoms with van der Waals surface area (Å²) in [5.74, 6) is -0.0494. The second kappa shape index (κ2) is 6.99. The molecule has 0 amide bonds. The molecule has 1 saturated heterocycles. The van der Waals surface area contributed by atoms with Crippen molar-refractivity contribution in [1.29, 1.82) is 0 Å². The first kappa shape index (κ1) is 20.9. The van der Waals surface area contributed by atoms with Gasteiger partial charge in [0, 0.05) is 12.1 Å². The maximum atomic E-state index is 13.0. The molecule has 3 atom stereocenters. The van der Waals surface area contributed by atoms with Crippen LogP contribution in [0.1, 0.15) is 24.0 Å². The molecule has 3 unspecified atom stereocenters. The number of nitrogens with one attached hydrogen (secondary N) is 1. The Hall–Kier alpha value is -1.01. The summed E-state index contributed by atoms with van der Waals surface area (Å²) in [7, 11) is -4.16. The van der Waals surface area contributed by atoms with E-state index in [0.29, 0.717) is 17.1 Å². The molecule has 11 heteroatoms. The summed E-state index contributed by atoms with van der Waals surface area (Å²) in [5, 5.41) is 0.895. The summed E-state index contributed by atoms with van der Waals surface area (Å²) in [4.78, 5) is 4.41. The number of thiazole rings is 1. The SMILES string of the molecule is O=S1(=O)NC2(CN1CC(F)(F)F)C1CCC2Cc2cc(-c3ncc(Br)s3)ccc2C1. The van der Waals surface area contributed by atoms with Gasteiger partial charge in [-0.15, -0.1) is 11.3 Å². The van der Waals surface area contributed by atoms with Gasteiger partial charge in [-0.2, -0.15) is 30.6 Å². The second-order valence-corrected chi connectivity index (χ2v) is 12.4. The summed E-state index contributed by atoms with van der Waals surface area (Å²) in [5.41, 5.74) is 2.45. The van der Waals surface area contributed by atoms with Crippen molar-refractivity contribution in [2.24, 2.45) is 11.8 Å². The first-order chi connectivity index (χ1) is 14.1. The zero-order chi connectivity index (χ0) is 21.3. The number of rotatable bonds is 2. The van der Waals surface area contributed by atoms with Crippen molar-refractivity contribution in [3.8, 4) is 10.6 Å². The van der Waals surface area contributed by atoms with Crippen LogP contribution in [0.3, 0.4) is 0 Å². The molecule has 30 heavy (non-hydrogen) atoms. The minimum atomic E-state index is -4.57. The summed E-state index contributed by atoms with van der Waals surface area (Å²) in [6.45, 7) is -1.57. The Labute approximate surface area is 185 Å². The average Bonchev–Trinajstić information content (AvgIpc) is 3.22. The monoisotopic (exact) mass is 521 g/mol. The molecule has 162 valence electrons. The first-order valence-corrected chi connectivity index (χ1v) is 12.7. The molecule has 3 aliphatic rings. The van der Waals surface area contributed by atoms with Crippen molar-refractivity contribution in [2.45, 2.75) is 37.4 Å². The molecule has 2 aromatic rings. The highest BCUT2D eigenvalue weighted by molar-refractivity contribution is 9.11. The molecule has 1 aliphatic heterocycles. The fourth-order valence-corrected chi connectivity index (χ4v) is 8.28. The Morgan fingerprint density at radius 3 is 2.57 bits per heavy atom. The van der Waals surface area contributed by atoms with E-state index in [1.807, 2.05) is 6.07 Å². The maximum absolute atomic E-state index is 13.0. The van der Waals surface area contributed by atoms with E-state index in [2.05, 4.69) is 37.8 Å². The lowest BCUT2D eigenvalue weighted by Crippen LogP contribution is -2.52. The fraction of sp³-hybridized carbons (Fsp3) is 0.526. The quantitative estimate of drug-likeness (QED) is 0.645. The largest absolute Gasteiger partial charge is 0.402 e. The van der Waals surface area contributed by atoms with Crippen molar-refractivity contribution in [3.05, 3.63) is 39.3 Å². The Morgan fingerprint density at radius 1 is 1.23 bits per heavy atom. The topological polar surface area (TPSA) is 62.3 Å². The number of hydrogen-bond donors (Lipinski definition) is 1. The van der Waals surface area contributed by atoms with E-state index in [0.717, 1.165) is 38.3 Å². The van der Waals surface area contributed by atoms with Gasteiger partial charge in [0.25, 0.3) is 10.2 Å². The van der Waals surface area contributed by atoms with Gasteiger partial charge in [-0.1, -0.05) is 12.1 Å². The summed E-state index contributed by atoms with van der Waals surface area (Å²) >= 11 is 4.96. The Kier molecular flexibility index (Phi) is 4.87. The molecule has 1 N–H and O–H groups in total. The third-order valence-electron chi connectivity index (χ3n) is 6.64. The lowest BCUT2D eigenvalue weighted by molar-refractivity contribution is -0.136. The summed E-state index contributed by atoms with van der Waals surface area (Å²) < 4.78 is 68.3. The standard InChI is InChI=1S/C19H19BrF3N3O2S2/c20-16-8-24-17(29-16)12-2-1-11-6-14-3-4-15(7-13(11)5-12)18(14)9-26(10-19(21,22)23)30(27,28)25-18/h1-2,5,8,14-15,25H,3-4,6-7,9-10H2. The Bertz CT molecular complexity index is 1100. The summed E-state index contributed by atoms with van der Waals surface area (Å²) in [6, 6.07) is 6.18. The first-order valence-electron chi connectivity index (χ1n) is 9.65. The zero-order valence-electron chi connectivity index (χ0n) is 15.7. The highest BCUT2D eigenvalue weighted by atomic mass is 79.9. The van der Waals surface area contributed by atoms with Crippen LogP contribution in [0, 0.1) is 11.8 Å². The average molecular weight is 522 g/mol. The van der Waals surface area contributed by atoms with Crippen LogP contribution >= 0.6 is 27.3 Å². The molecule has 5 rings (SSSR count). The number of alkyl halides is 3. The molecule has 2 heterocycles. The number of halogens is 4. The van der Waals surface area contributed by atoms with Gasteiger partial charge < -0.3 is 0 Å². The number of benzene rings is 1. The van der Waals surface area contributed by atoms with Gasteiger partial charge in [0.2, 0.25) is 0 Å². The van der Waals surface area contributed by atoms with Gasteiger partial charge in [-0.25, -0.2) is 4.98 Å². The molecular formula is C19H19BrF3N3O2S2. The minimum absolute atomic E-state index is 0.0170. The van der Waals surface area contributed by atoms with Crippen LogP contribution in [0.15, 0.2) is 28.2 Å². The molecule has 1 aromatic carbocycles. The van der Waals surface area contributed by atoms with Gasteiger partial charge in [0.15, 0.2) is 0 Å². The van der Waals surface area contributed by atoms with E-state index in [1.54, 1.807) is 6.20 Å². The van der Waals surface area contributed by atoms with Gasteiger partial charge in [0.1, 0.15) is 11.6 Å². The van der Waals surface area contributed by atoms with Crippen LogP contribution in [-0.2, 0) is 23.1 Å². The van der Waals surface area contributed by atoms with Crippen LogP contribution in [0.5, 0.6) is 0 Å². The van der Waals surface area contributed by atoms with Crippen molar-refractivity contribution in [3.63, 3.8) is 0 Å². The smallest absolute Gasteiger partial charge is 0.243 e. The van der Waals surface area contributed by atoms with Crippen LogP contribution in [0.25, 0.3) is 10.6 Å². The van der Waals surface area contributed by atoms with E-state index in [1.165, 1.54) is 11.3 Å². The lowest BCUT2D eigenvalue weighted by atomic mass is 9.79. The van der Waals surface area contributed by atoms with E-state index in [9.17, 15) is 21.6 Å². The second-order valence-electron chi connectivity index (χ2n) is 8.36. The van der Waals surface area contributed by atoms with E-state index < -0.39 is 28.5 Å². The molecule has 2 aliphatic carbocycles. The minimum Gasteiger partial charge on any atom is -0.243 e. The number of aromatic nitrogens is 1. The predicted octanol–water partition coefficient (Wildman–Crippen LogP) is 4.15. The predicted molar refractivity (Wildman–Crippen MR) is 111 cm³/mol. The van der Waals surface area contributed by atoms with Gasteiger partial charge in [-0.05, 0) is 70.6 Å². The molecule has 0 radical (unpaired) electrons. The lowest BCUT2D eigenvalue weighted by Gasteiger charge is -2.33. The van der Waals surface area contributed by atoms with Crippen molar-refractivity contribution in [1.82, 2.24) is 14.0 Å². The number of fused-ring (bicyclic) bond motifs is 1. The molecule has 1 spiro atoms. The molecule has 5 nitrogen and oxygen atoms in total. The van der Waals surface area contributed by atoms with Crippen LogP contribution in [0.4, 0.5) is 13.2 Å². The number of hydrogen-bond acceptors (Lipinski definition) is 4. The maximum Gasteiger partial charge on any atom is 0.402 e. The Balaban J connectivity index is 1.48. The van der Waals surface area contributed by atoms with Gasteiger partial charge in [0.05, 0.1) is 15.5 Å². The third-order valence-corrected chi connectivity index (χ3v) is 9.74. The van der Waals surface area contributed by atoms with Crippen molar-refractivity contribution in [2.75, 3.05) is 13.1 Å². The van der Waals surface area contributed by atoms with E-state index in [4.69, 9.17) is 0 Å². The highest BCUT2D eigenvalue weighted by Crippen LogP contribution is 2.51. The third kappa shape index (κ3) is 3.52. The zero-order valence-corrected chi connectivity index (χ0v) is 19.0. The highest BCUT2D eigenvalue weighted by Gasteiger charge is 2.60. The van der Waals surface area contributed by atoms with E-state index >= 15 is 0 Å².